The summed E-state index contributed by atoms with van der Waals surface area (Å²) in [5.41, 5.74) is -0.412. The van der Waals surface area contributed by atoms with E-state index in [1.165, 1.54) is 0 Å². The van der Waals surface area contributed by atoms with E-state index in [2.05, 4.69) is 11.7 Å². The van der Waals surface area contributed by atoms with Crippen LogP contribution >= 0.6 is 0 Å². The maximum atomic E-state index is 11.7. The standard InChI is InChI=1S/C11H20N2O2/c1-11(2,3)15-10(14)13-7-5-9(12-4)6-8-13/h9H,4-8H2,1-3H3. The summed E-state index contributed by atoms with van der Waals surface area (Å²) in [5, 5.41) is 0. The molecule has 1 aliphatic heterocycles. The summed E-state index contributed by atoms with van der Waals surface area (Å²) in [4.78, 5) is 17.4. The first-order chi connectivity index (χ1) is 6.92. The van der Waals surface area contributed by atoms with E-state index >= 15 is 0 Å². The highest BCUT2D eigenvalue weighted by Crippen LogP contribution is 2.16. The summed E-state index contributed by atoms with van der Waals surface area (Å²) < 4.78 is 5.29. The lowest BCUT2D eigenvalue weighted by Gasteiger charge is -2.32. The predicted molar refractivity (Wildman–Crippen MR) is 60.4 cm³/mol. The first kappa shape index (κ1) is 12.0. The Morgan fingerprint density at radius 3 is 2.33 bits per heavy atom. The zero-order valence-corrected chi connectivity index (χ0v) is 9.82. The molecule has 0 aromatic rings. The van der Waals surface area contributed by atoms with Crippen LogP contribution in [0.4, 0.5) is 4.79 Å². The molecule has 4 nitrogen and oxygen atoms in total. The molecule has 1 saturated heterocycles. The highest BCUT2D eigenvalue weighted by atomic mass is 16.6. The molecule has 0 radical (unpaired) electrons. The van der Waals surface area contributed by atoms with E-state index in [0.717, 1.165) is 25.9 Å². The van der Waals surface area contributed by atoms with Crippen LogP contribution in [0, 0.1) is 0 Å². The number of carbonyl (C=O) groups excluding carboxylic acids is 1. The molecule has 0 atom stereocenters. The van der Waals surface area contributed by atoms with Gasteiger partial charge in [-0.15, -0.1) is 0 Å². The first-order valence-corrected chi connectivity index (χ1v) is 5.36. The zero-order valence-electron chi connectivity index (χ0n) is 9.82. The molecule has 1 aliphatic rings. The SMILES string of the molecule is C=NC1CCN(C(=O)OC(C)(C)C)CC1. The number of likely N-dealkylation sites (tertiary alicyclic amines) is 1. The Hall–Kier alpha value is -1.06. The topological polar surface area (TPSA) is 41.9 Å². The fourth-order valence-corrected chi connectivity index (χ4v) is 1.56. The lowest BCUT2D eigenvalue weighted by molar-refractivity contribution is 0.0207. The van der Waals surface area contributed by atoms with Crippen LogP contribution < -0.4 is 0 Å². The Balaban J connectivity index is 2.40. The zero-order chi connectivity index (χ0) is 11.5. The van der Waals surface area contributed by atoms with E-state index in [1.807, 2.05) is 20.8 Å². The van der Waals surface area contributed by atoms with Crippen molar-refractivity contribution in [3.8, 4) is 0 Å². The van der Waals surface area contributed by atoms with Gasteiger partial charge in [0.25, 0.3) is 0 Å². The summed E-state index contributed by atoms with van der Waals surface area (Å²) in [6.07, 6.45) is 1.57. The van der Waals surface area contributed by atoms with Gasteiger partial charge in [0, 0.05) is 13.1 Å². The van der Waals surface area contributed by atoms with Crippen molar-refractivity contribution < 1.29 is 9.53 Å². The van der Waals surface area contributed by atoms with E-state index in [4.69, 9.17) is 4.74 Å². The maximum Gasteiger partial charge on any atom is 0.410 e. The molecule has 15 heavy (non-hydrogen) atoms. The van der Waals surface area contributed by atoms with Gasteiger partial charge in [0.1, 0.15) is 5.60 Å². The number of amides is 1. The number of nitrogens with zero attached hydrogens (tertiary/aromatic N) is 2. The molecule has 0 spiro atoms. The number of ether oxygens (including phenoxy) is 1. The molecule has 0 aromatic carbocycles. The minimum absolute atomic E-state index is 0.218. The summed E-state index contributed by atoms with van der Waals surface area (Å²) in [6, 6.07) is 0.309. The number of hydrogen-bond donors (Lipinski definition) is 0. The third-order valence-electron chi connectivity index (χ3n) is 2.37. The van der Waals surface area contributed by atoms with Gasteiger partial charge in [-0.05, 0) is 40.3 Å². The van der Waals surface area contributed by atoms with Crippen molar-refractivity contribution in [2.75, 3.05) is 13.1 Å². The van der Waals surface area contributed by atoms with Crippen LogP contribution in [0.15, 0.2) is 4.99 Å². The van der Waals surface area contributed by atoms with Crippen LogP contribution in [-0.2, 0) is 4.74 Å². The van der Waals surface area contributed by atoms with Crippen molar-refractivity contribution in [1.82, 2.24) is 4.90 Å². The van der Waals surface area contributed by atoms with E-state index in [0.29, 0.717) is 6.04 Å². The van der Waals surface area contributed by atoms with Crippen LogP contribution in [0.1, 0.15) is 33.6 Å². The minimum Gasteiger partial charge on any atom is -0.444 e. The van der Waals surface area contributed by atoms with Gasteiger partial charge in [0.05, 0.1) is 6.04 Å². The Bertz CT molecular complexity index is 237. The van der Waals surface area contributed by atoms with Crippen LogP contribution in [-0.4, -0.2) is 42.4 Å². The average molecular weight is 212 g/mol. The number of piperidine rings is 1. The van der Waals surface area contributed by atoms with Crippen molar-refractivity contribution in [2.45, 2.75) is 45.3 Å². The molecule has 1 fully saturated rings. The predicted octanol–water partition coefficient (Wildman–Crippen LogP) is 2.09. The van der Waals surface area contributed by atoms with Crippen LogP contribution in [0.3, 0.4) is 0 Å². The molecule has 0 aliphatic carbocycles. The van der Waals surface area contributed by atoms with Crippen molar-refractivity contribution in [2.24, 2.45) is 4.99 Å². The minimum atomic E-state index is -0.412. The van der Waals surface area contributed by atoms with E-state index in [9.17, 15) is 4.79 Å². The molecule has 4 heteroatoms. The second kappa shape index (κ2) is 4.64. The van der Waals surface area contributed by atoms with E-state index in [-0.39, 0.29) is 6.09 Å². The van der Waals surface area contributed by atoms with Crippen molar-refractivity contribution in [3.05, 3.63) is 0 Å². The number of carbonyl (C=O) groups is 1. The summed E-state index contributed by atoms with van der Waals surface area (Å²) >= 11 is 0. The van der Waals surface area contributed by atoms with Gasteiger partial charge in [0.2, 0.25) is 0 Å². The largest absolute Gasteiger partial charge is 0.444 e. The van der Waals surface area contributed by atoms with Crippen LogP contribution in [0.25, 0.3) is 0 Å². The van der Waals surface area contributed by atoms with Gasteiger partial charge >= 0.3 is 6.09 Å². The van der Waals surface area contributed by atoms with Crippen molar-refractivity contribution in [1.29, 1.82) is 0 Å². The van der Waals surface area contributed by atoms with Crippen molar-refractivity contribution >= 4 is 12.8 Å². The Morgan fingerprint density at radius 1 is 1.40 bits per heavy atom. The molecule has 0 unspecified atom stereocenters. The monoisotopic (exact) mass is 212 g/mol. The number of rotatable bonds is 1. The summed E-state index contributed by atoms with van der Waals surface area (Å²) in [6.45, 7) is 10.6. The quantitative estimate of drug-likeness (QED) is 0.624. The lowest BCUT2D eigenvalue weighted by Crippen LogP contribution is -2.42. The van der Waals surface area contributed by atoms with Gasteiger partial charge in [0.15, 0.2) is 0 Å². The molecule has 0 saturated carbocycles. The molecule has 1 rings (SSSR count). The third kappa shape index (κ3) is 3.90. The molecule has 1 heterocycles. The Morgan fingerprint density at radius 2 is 1.93 bits per heavy atom. The smallest absolute Gasteiger partial charge is 0.410 e. The van der Waals surface area contributed by atoms with Crippen LogP contribution in [0.2, 0.25) is 0 Å². The van der Waals surface area contributed by atoms with Gasteiger partial charge in [-0.25, -0.2) is 4.79 Å². The summed E-state index contributed by atoms with van der Waals surface area (Å²) in [7, 11) is 0. The fourth-order valence-electron chi connectivity index (χ4n) is 1.56. The van der Waals surface area contributed by atoms with Gasteiger partial charge in [-0.3, -0.25) is 4.99 Å². The van der Waals surface area contributed by atoms with Crippen LogP contribution in [0.5, 0.6) is 0 Å². The molecule has 0 N–H and O–H groups in total. The van der Waals surface area contributed by atoms with E-state index < -0.39 is 5.60 Å². The maximum absolute atomic E-state index is 11.7. The van der Waals surface area contributed by atoms with Gasteiger partial charge < -0.3 is 9.64 Å². The first-order valence-electron chi connectivity index (χ1n) is 5.36. The molecule has 0 aromatic heterocycles. The Labute approximate surface area is 91.3 Å². The Kier molecular flexibility index (Phi) is 3.72. The lowest BCUT2D eigenvalue weighted by atomic mass is 10.1. The van der Waals surface area contributed by atoms with Gasteiger partial charge in [-0.2, -0.15) is 0 Å². The highest BCUT2D eigenvalue weighted by molar-refractivity contribution is 5.68. The second-order valence-electron chi connectivity index (χ2n) is 4.88. The third-order valence-corrected chi connectivity index (χ3v) is 2.37. The van der Waals surface area contributed by atoms with Crippen molar-refractivity contribution in [3.63, 3.8) is 0 Å². The molecule has 1 amide bonds. The highest BCUT2D eigenvalue weighted by Gasteiger charge is 2.26. The number of hydrogen-bond acceptors (Lipinski definition) is 3. The van der Waals surface area contributed by atoms with E-state index in [1.54, 1.807) is 4.90 Å². The second-order valence-corrected chi connectivity index (χ2v) is 4.88. The van der Waals surface area contributed by atoms with Gasteiger partial charge in [-0.1, -0.05) is 0 Å². The normalized spacial score (nSPS) is 18.7. The number of aliphatic imine (C=N–C) groups is 1. The molecule has 86 valence electrons. The molecule has 0 bridgehead atoms. The molecular weight excluding hydrogens is 192 g/mol. The molecular formula is C11H20N2O2. The fraction of sp³-hybridized carbons (Fsp3) is 0.818. The average Bonchev–Trinajstić information content (AvgIpc) is 2.15. The summed E-state index contributed by atoms with van der Waals surface area (Å²) in [5.74, 6) is 0.